The largest absolute Gasteiger partial charge is 0.508 e. The van der Waals surface area contributed by atoms with Gasteiger partial charge in [-0.05, 0) is 52.6 Å². The highest BCUT2D eigenvalue weighted by Crippen LogP contribution is 2.45. The molecule has 1 unspecified atom stereocenters. The normalized spacial score (nSPS) is 20.5. The van der Waals surface area contributed by atoms with Crippen LogP contribution in [0.5, 0.6) is 5.75 Å². The number of amidine groups is 2. The van der Waals surface area contributed by atoms with Crippen molar-refractivity contribution >= 4 is 34.8 Å². The number of nitrogens with one attached hydrogen (secondary N) is 1. The Labute approximate surface area is 216 Å². The second kappa shape index (κ2) is 9.21. The fourth-order valence-electron chi connectivity index (χ4n) is 5.07. The van der Waals surface area contributed by atoms with E-state index in [4.69, 9.17) is 10.1 Å². The van der Waals surface area contributed by atoms with Crippen LogP contribution in [0.25, 0.3) is 6.08 Å². The lowest BCUT2D eigenvalue weighted by atomic mass is 10.0. The molecule has 8 heteroatoms. The smallest absolute Gasteiger partial charge is 0.351 e. The highest BCUT2D eigenvalue weighted by Gasteiger charge is 2.49. The summed E-state index contributed by atoms with van der Waals surface area (Å²) >= 11 is 0. The van der Waals surface area contributed by atoms with Crippen LogP contribution < -0.4 is 14.8 Å². The van der Waals surface area contributed by atoms with Gasteiger partial charge in [0.2, 0.25) is 11.5 Å². The van der Waals surface area contributed by atoms with Gasteiger partial charge in [-0.1, -0.05) is 42.5 Å². The van der Waals surface area contributed by atoms with E-state index >= 15 is 0 Å². The number of piperazine rings is 1. The van der Waals surface area contributed by atoms with Crippen LogP contribution in [0.2, 0.25) is 0 Å². The maximum atomic E-state index is 10.6. The number of phenols is 1. The Kier molecular flexibility index (Phi) is 5.72. The molecule has 3 aliphatic heterocycles. The van der Waals surface area contributed by atoms with Crippen molar-refractivity contribution < 1.29 is 5.11 Å². The molecule has 0 aromatic heterocycles. The quantitative estimate of drug-likeness (QED) is 0.410. The molecule has 8 nitrogen and oxygen atoms in total. The van der Waals surface area contributed by atoms with Gasteiger partial charge in [-0.25, -0.2) is 0 Å². The number of anilines is 2. The number of aromatic hydroxyl groups is 1. The standard InChI is InChI=1S/C29H27N7O/c1-34-12-14-35(15-13-34)24-16-22-10-11-27-32-29(23-8-5-9-25(37)17-23)33-36(27,20-30)28(22)26(18-24)31-19-21-6-3-2-4-7-21/h2-11,16-18,31H,12-15,19H2,1H3/p+1. The predicted octanol–water partition coefficient (Wildman–Crippen LogP) is 4.35. The van der Waals surface area contributed by atoms with E-state index in [-0.39, 0.29) is 5.75 Å². The third kappa shape index (κ3) is 4.14. The molecule has 184 valence electrons. The molecule has 0 amide bonds. The first-order valence-electron chi connectivity index (χ1n) is 12.4. The summed E-state index contributed by atoms with van der Waals surface area (Å²) in [5.74, 6) is 1.08. The van der Waals surface area contributed by atoms with Crippen LogP contribution in [0.15, 0.2) is 82.9 Å². The lowest BCUT2D eigenvalue weighted by Crippen LogP contribution is -2.45. The maximum absolute atomic E-state index is 10.6. The molecule has 37 heavy (non-hydrogen) atoms. The second-order valence-corrected chi connectivity index (χ2v) is 9.57. The molecule has 1 atom stereocenters. The highest BCUT2D eigenvalue weighted by molar-refractivity contribution is 6.22. The van der Waals surface area contributed by atoms with Gasteiger partial charge in [0.25, 0.3) is 5.84 Å². The number of quaternary nitrogens is 1. The van der Waals surface area contributed by atoms with Gasteiger partial charge in [0.1, 0.15) is 11.4 Å². The predicted molar refractivity (Wildman–Crippen MR) is 148 cm³/mol. The Hall–Kier alpha value is -4.45. The summed E-state index contributed by atoms with van der Waals surface area (Å²) in [5, 5.41) is 29.0. The van der Waals surface area contributed by atoms with Crippen LogP contribution in [0.1, 0.15) is 16.7 Å². The summed E-state index contributed by atoms with van der Waals surface area (Å²) < 4.78 is -0.392. The minimum Gasteiger partial charge on any atom is -0.508 e. The van der Waals surface area contributed by atoms with E-state index in [0.717, 1.165) is 54.4 Å². The molecular formula is C29H28N7O+. The number of nitrogens with zero attached hydrogens (tertiary/aromatic N) is 6. The molecule has 2 N–H and O–H groups in total. The van der Waals surface area contributed by atoms with Crippen LogP contribution in [0.3, 0.4) is 0 Å². The number of nitriles is 1. The van der Waals surface area contributed by atoms with E-state index in [1.807, 2.05) is 36.4 Å². The topological polar surface area (TPSA) is 87.2 Å². The van der Waals surface area contributed by atoms with Gasteiger partial charge in [-0.2, -0.15) is 4.99 Å². The third-order valence-electron chi connectivity index (χ3n) is 7.10. The molecule has 1 fully saturated rings. The van der Waals surface area contributed by atoms with Gasteiger partial charge in [0.15, 0.2) is 0 Å². The van der Waals surface area contributed by atoms with Crippen LogP contribution in [-0.4, -0.2) is 54.9 Å². The number of hydrogen-bond donors (Lipinski definition) is 2. The number of rotatable bonds is 5. The molecule has 0 bridgehead atoms. The summed E-state index contributed by atoms with van der Waals surface area (Å²) in [6, 6.07) is 21.3. The zero-order valence-corrected chi connectivity index (χ0v) is 20.7. The number of likely N-dealkylation sites (N-methyl/N-ethyl adjacent to an activating group) is 1. The monoisotopic (exact) mass is 490 g/mol. The van der Waals surface area contributed by atoms with Gasteiger partial charge in [0, 0.05) is 55.6 Å². The average Bonchev–Trinajstić information content (AvgIpc) is 3.33. The van der Waals surface area contributed by atoms with E-state index in [2.05, 4.69) is 52.6 Å². The van der Waals surface area contributed by atoms with Gasteiger partial charge in [-0.3, -0.25) is 0 Å². The molecule has 3 aliphatic rings. The van der Waals surface area contributed by atoms with Crippen molar-refractivity contribution in [3.05, 3.63) is 89.5 Å². The summed E-state index contributed by atoms with van der Waals surface area (Å²) in [6.07, 6.45) is 6.34. The SMILES string of the molecule is CN1CCN(c2cc3c(c(NCc4ccccc4)c2)[N+]2(C#N)N=C(c4cccc(O)c4)N=C2C=C3)CC1. The lowest BCUT2D eigenvalue weighted by molar-refractivity contribution is 0.313. The van der Waals surface area contributed by atoms with E-state index in [9.17, 15) is 10.4 Å². The maximum Gasteiger partial charge on any atom is 0.351 e. The minimum absolute atomic E-state index is 0.131. The van der Waals surface area contributed by atoms with Crippen molar-refractivity contribution in [3.8, 4) is 11.9 Å². The van der Waals surface area contributed by atoms with Crippen LogP contribution in [-0.2, 0) is 6.54 Å². The molecule has 0 saturated carbocycles. The minimum atomic E-state index is -0.392. The number of aliphatic imine (C=N–C) groups is 1. The van der Waals surface area contributed by atoms with E-state index in [1.165, 1.54) is 0 Å². The van der Waals surface area contributed by atoms with Crippen LogP contribution in [0.4, 0.5) is 17.1 Å². The van der Waals surface area contributed by atoms with E-state index < -0.39 is 4.59 Å². The van der Waals surface area contributed by atoms with Crippen molar-refractivity contribution in [3.63, 3.8) is 0 Å². The third-order valence-corrected chi connectivity index (χ3v) is 7.10. The molecule has 3 heterocycles. The van der Waals surface area contributed by atoms with Crippen molar-refractivity contribution in [2.24, 2.45) is 10.1 Å². The second-order valence-electron chi connectivity index (χ2n) is 9.57. The number of benzene rings is 3. The van der Waals surface area contributed by atoms with Gasteiger partial charge < -0.3 is 20.2 Å². The first kappa shape index (κ1) is 23.0. The molecule has 0 spiro atoms. The molecule has 0 aliphatic carbocycles. The molecule has 3 aromatic rings. The Morgan fingerprint density at radius 1 is 1.00 bits per heavy atom. The first-order chi connectivity index (χ1) is 18.1. The molecule has 6 rings (SSSR count). The zero-order chi connectivity index (χ0) is 25.4. The van der Waals surface area contributed by atoms with Gasteiger partial charge in [-0.15, -0.1) is 5.26 Å². The molecule has 0 radical (unpaired) electrons. The fraction of sp³-hybridized carbons (Fsp3) is 0.207. The van der Waals surface area contributed by atoms with E-state index in [1.54, 1.807) is 18.2 Å². The van der Waals surface area contributed by atoms with Crippen molar-refractivity contribution in [1.29, 1.82) is 5.26 Å². The number of fused-ring (bicyclic) bond motifs is 3. The number of hydrogen-bond acceptors (Lipinski definition) is 7. The number of phenolic OH excluding ortho intramolecular Hbond substituents is 1. The average molecular weight is 491 g/mol. The lowest BCUT2D eigenvalue weighted by Gasteiger charge is -2.35. The van der Waals surface area contributed by atoms with E-state index in [0.29, 0.717) is 23.8 Å². The van der Waals surface area contributed by atoms with Crippen LogP contribution >= 0.6 is 0 Å². The Morgan fingerprint density at radius 3 is 2.57 bits per heavy atom. The van der Waals surface area contributed by atoms with Crippen molar-refractivity contribution in [2.45, 2.75) is 6.54 Å². The Bertz CT molecular complexity index is 1480. The zero-order valence-electron chi connectivity index (χ0n) is 20.7. The summed E-state index contributed by atoms with van der Waals surface area (Å²) in [5.41, 5.74) is 5.49. The summed E-state index contributed by atoms with van der Waals surface area (Å²) in [6.45, 7) is 4.52. The van der Waals surface area contributed by atoms with Crippen LogP contribution in [0, 0.1) is 11.5 Å². The summed E-state index contributed by atoms with van der Waals surface area (Å²) in [4.78, 5) is 9.45. The molecular weight excluding hydrogens is 462 g/mol. The van der Waals surface area contributed by atoms with Crippen molar-refractivity contribution in [2.75, 3.05) is 43.4 Å². The Morgan fingerprint density at radius 2 is 1.81 bits per heavy atom. The van der Waals surface area contributed by atoms with Gasteiger partial charge in [0.05, 0.1) is 0 Å². The Balaban J connectivity index is 1.47. The summed E-state index contributed by atoms with van der Waals surface area (Å²) in [7, 11) is 2.15. The van der Waals surface area contributed by atoms with Crippen molar-refractivity contribution in [1.82, 2.24) is 9.49 Å². The molecule has 1 saturated heterocycles. The fourth-order valence-corrected chi connectivity index (χ4v) is 5.07. The first-order valence-corrected chi connectivity index (χ1v) is 12.4. The van der Waals surface area contributed by atoms with Gasteiger partial charge >= 0.3 is 6.19 Å². The highest BCUT2D eigenvalue weighted by atomic mass is 16.3. The molecule has 3 aromatic carbocycles.